The number of urea groups is 1. The summed E-state index contributed by atoms with van der Waals surface area (Å²) in [5.74, 6) is -1.06. The molecule has 2 amide bonds. The summed E-state index contributed by atoms with van der Waals surface area (Å²) < 4.78 is 0.776. The minimum absolute atomic E-state index is 0.543. The second kappa shape index (κ2) is 6.26. The lowest BCUT2D eigenvalue weighted by Crippen LogP contribution is -2.50. The Labute approximate surface area is 126 Å². The van der Waals surface area contributed by atoms with Crippen LogP contribution in [0.15, 0.2) is 22.7 Å². The molecule has 0 heterocycles. The Kier molecular flexibility index (Phi) is 5.16. The highest BCUT2D eigenvalue weighted by molar-refractivity contribution is 9.10. The molecule has 0 aliphatic carbocycles. The summed E-state index contributed by atoms with van der Waals surface area (Å²) in [6.45, 7) is 7.18. The van der Waals surface area contributed by atoms with E-state index in [1.165, 1.54) is 0 Å². The van der Waals surface area contributed by atoms with Gasteiger partial charge in [0, 0.05) is 4.47 Å². The SMILES string of the molecule is Cc1cccc(NC(=O)N[C@H](C(=O)O)C(C)(C)C)c1Br. The fourth-order valence-electron chi connectivity index (χ4n) is 1.68. The van der Waals surface area contributed by atoms with Gasteiger partial charge in [0.2, 0.25) is 0 Å². The van der Waals surface area contributed by atoms with E-state index in [1.807, 2.05) is 19.1 Å². The molecular formula is C14H19BrN2O3. The molecule has 1 aromatic rings. The van der Waals surface area contributed by atoms with Crippen LogP contribution in [0.4, 0.5) is 10.5 Å². The molecule has 5 nitrogen and oxygen atoms in total. The summed E-state index contributed by atoms with van der Waals surface area (Å²) in [7, 11) is 0. The number of halogens is 1. The van der Waals surface area contributed by atoms with Crippen LogP contribution >= 0.6 is 15.9 Å². The van der Waals surface area contributed by atoms with Crippen LogP contribution in [0.1, 0.15) is 26.3 Å². The summed E-state index contributed by atoms with van der Waals surface area (Å²) in [5.41, 5.74) is 1.00. The number of benzene rings is 1. The van der Waals surface area contributed by atoms with Crippen LogP contribution in [0.5, 0.6) is 0 Å². The second-order valence-corrected chi connectivity index (χ2v) is 6.47. The first-order chi connectivity index (χ1) is 9.12. The normalized spacial score (nSPS) is 12.7. The van der Waals surface area contributed by atoms with Crippen molar-refractivity contribution in [2.75, 3.05) is 5.32 Å². The average Bonchev–Trinajstić information content (AvgIpc) is 2.30. The van der Waals surface area contributed by atoms with Crippen molar-refractivity contribution in [1.82, 2.24) is 5.32 Å². The van der Waals surface area contributed by atoms with E-state index in [-0.39, 0.29) is 0 Å². The molecule has 0 aromatic heterocycles. The number of carbonyl (C=O) groups excluding carboxylic acids is 1. The zero-order chi connectivity index (χ0) is 15.5. The van der Waals surface area contributed by atoms with Gasteiger partial charge in [-0.2, -0.15) is 0 Å². The predicted octanol–water partition coefficient (Wildman–Crippen LogP) is 3.38. The van der Waals surface area contributed by atoms with Crippen molar-refractivity contribution in [3.05, 3.63) is 28.2 Å². The molecule has 0 aliphatic heterocycles. The Hall–Kier alpha value is -1.56. The van der Waals surface area contributed by atoms with E-state index in [9.17, 15) is 14.7 Å². The maximum absolute atomic E-state index is 11.9. The summed E-state index contributed by atoms with van der Waals surface area (Å²) in [6.07, 6.45) is 0. The minimum atomic E-state index is -1.06. The Morgan fingerprint density at radius 2 is 1.90 bits per heavy atom. The van der Waals surface area contributed by atoms with Crippen molar-refractivity contribution in [1.29, 1.82) is 0 Å². The van der Waals surface area contributed by atoms with Crippen LogP contribution in [0.25, 0.3) is 0 Å². The smallest absolute Gasteiger partial charge is 0.326 e. The van der Waals surface area contributed by atoms with Gasteiger partial charge in [-0.15, -0.1) is 0 Å². The topological polar surface area (TPSA) is 78.4 Å². The Morgan fingerprint density at radius 3 is 2.40 bits per heavy atom. The molecule has 0 fully saturated rings. The molecule has 110 valence electrons. The molecule has 0 bridgehead atoms. The lowest BCUT2D eigenvalue weighted by molar-refractivity contribution is -0.141. The van der Waals surface area contributed by atoms with Crippen molar-refractivity contribution in [3.8, 4) is 0 Å². The molecule has 1 atom stereocenters. The van der Waals surface area contributed by atoms with Crippen LogP contribution in [0.2, 0.25) is 0 Å². The van der Waals surface area contributed by atoms with E-state index in [1.54, 1.807) is 26.8 Å². The largest absolute Gasteiger partial charge is 0.480 e. The first-order valence-corrected chi connectivity index (χ1v) is 6.97. The summed E-state index contributed by atoms with van der Waals surface area (Å²) in [5, 5.41) is 14.3. The summed E-state index contributed by atoms with van der Waals surface area (Å²) in [6, 6.07) is 3.95. The molecule has 0 unspecified atom stereocenters. The average molecular weight is 343 g/mol. The number of carbonyl (C=O) groups is 2. The molecule has 3 N–H and O–H groups in total. The van der Waals surface area contributed by atoms with E-state index < -0.39 is 23.5 Å². The Balaban J connectivity index is 2.82. The maximum atomic E-state index is 11.9. The van der Waals surface area contributed by atoms with Crippen molar-refractivity contribution < 1.29 is 14.7 Å². The molecule has 0 saturated heterocycles. The predicted molar refractivity (Wildman–Crippen MR) is 81.9 cm³/mol. The van der Waals surface area contributed by atoms with Crippen LogP contribution in [0.3, 0.4) is 0 Å². The van der Waals surface area contributed by atoms with Gasteiger partial charge in [-0.25, -0.2) is 9.59 Å². The van der Waals surface area contributed by atoms with Gasteiger partial charge < -0.3 is 15.7 Å². The zero-order valence-electron chi connectivity index (χ0n) is 12.0. The van der Waals surface area contributed by atoms with Crippen LogP contribution in [0, 0.1) is 12.3 Å². The number of hydrogen-bond donors (Lipinski definition) is 3. The van der Waals surface area contributed by atoms with Gasteiger partial charge in [-0.3, -0.25) is 0 Å². The fourth-order valence-corrected chi connectivity index (χ4v) is 2.05. The zero-order valence-corrected chi connectivity index (χ0v) is 13.5. The molecule has 6 heteroatoms. The van der Waals surface area contributed by atoms with E-state index >= 15 is 0 Å². The standard InChI is InChI=1S/C14H19BrN2O3/c1-8-6-5-7-9(10(8)15)16-13(20)17-11(12(18)19)14(2,3)4/h5-7,11H,1-4H3,(H,18,19)(H2,16,17,20)/t11-/m1/s1. The molecule has 0 spiro atoms. The number of aliphatic carboxylic acids is 1. The lowest BCUT2D eigenvalue weighted by Gasteiger charge is -2.27. The van der Waals surface area contributed by atoms with Crippen molar-refractivity contribution in [3.63, 3.8) is 0 Å². The van der Waals surface area contributed by atoms with Crippen LogP contribution in [-0.2, 0) is 4.79 Å². The van der Waals surface area contributed by atoms with Gasteiger partial charge in [0.05, 0.1) is 5.69 Å². The number of anilines is 1. The quantitative estimate of drug-likeness (QED) is 0.787. The number of rotatable bonds is 3. The highest BCUT2D eigenvalue weighted by Crippen LogP contribution is 2.26. The van der Waals surface area contributed by atoms with E-state index in [4.69, 9.17) is 0 Å². The van der Waals surface area contributed by atoms with Gasteiger partial charge >= 0.3 is 12.0 Å². The highest BCUT2D eigenvalue weighted by atomic mass is 79.9. The molecule has 20 heavy (non-hydrogen) atoms. The van der Waals surface area contributed by atoms with Gasteiger partial charge in [0.1, 0.15) is 6.04 Å². The molecule has 1 aromatic carbocycles. The minimum Gasteiger partial charge on any atom is -0.480 e. The number of hydrogen-bond acceptors (Lipinski definition) is 2. The van der Waals surface area contributed by atoms with E-state index in [0.717, 1.165) is 10.0 Å². The van der Waals surface area contributed by atoms with E-state index in [0.29, 0.717) is 5.69 Å². The summed E-state index contributed by atoms with van der Waals surface area (Å²) >= 11 is 3.38. The fraction of sp³-hybridized carbons (Fsp3) is 0.429. The molecule has 1 rings (SSSR count). The van der Waals surface area contributed by atoms with Gasteiger partial charge in [0.15, 0.2) is 0 Å². The maximum Gasteiger partial charge on any atom is 0.326 e. The highest BCUT2D eigenvalue weighted by Gasteiger charge is 2.32. The number of amides is 2. The lowest BCUT2D eigenvalue weighted by atomic mass is 9.87. The third-order valence-corrected chi connectivity index (χ3v) is 3.88. The van der Waals surface area contributed by atoms with Gasteiger partial charge in [-0.1, -0.05) is 32.9 Å². The molecule has 0 aliphatic rings. The number of carboxylic acids is 1. The number of nitrogens with one attached hydrogen (secondary N) is 2. The number of carboxylic acid groups (broad SMARTS) is 1. The van der Waals surface area contributed by atoms with Crippen molar-refractivity contribution >= 4 is 33.6 Å². The van der Waals surface area contributed by atoms with Gasteiger partial charge in [0.25, 0.3) is 0 Å². The Bertz CT molecular complexity index is 524. The van der Waals surface area contributed by atoms with E-state index in [2.05, 4.69) is 26.6 Å². The third kappa shape index (κ3) is 4.23. The van der Waals surface area contributed by atoms with Crippen molar-refractivity contribution in [2.24, 2.45) is 5.41 Å². The molecule has 0 radical (unpaired) electrons. The second-order valence-electron chi connectivity index (χ2n) is 5.67. The first-order valence-electron chi connectivity index (χ1n) is 6.18. The number of aryl methyl sites for hydroxylation is 1. The first kappa shape index (κ1) is 16.5. The monoisotopic (exact) mass is 342 g/mol. The summed E-state index contributed by atoms with van der Waals surface area (Å²) in [4.78, 5) is 23.1. The Morgan fingerprint density at radius 1 is 1.30 bits per heavy atom. The van der Waals surface area contributed by atoms with Crippen LogP contribution in [-0.4, -0.2) is 23.1 Å². The van der Waals surface area contributed by atoms with Crippen molar-refractivity contribution in [2.45, 2.75) is 33.7 Å². The van der Waals surface area contributed by atoms with Crippen LogP contribution < -0.4 is 10.6 Å². The van der Waals surface area contributed by atoms with Gasteiger partial charge in [-0.05, 0) is 39.9 Å². The molecular weight excluding hydrogens is 324 g/mol. The third-order valence-electron chi connectivity index (χ3n) is 2.83. The molecule has 0 saturated carbocycles.